The highest BCUT2D eigenvalue weighted by molar-refractivity contribution is 6.30. The van der Waals surface area contributed by atoms with Crippen molar-refractivity contribution >= 4 is 11.6 Å². The van der Waals surface area contributed by atoms with Crippen molar-refractivity contribution in [1.82, 2.24) is 20.1 Å². The first-order valence-electron chi connectivity index (χ1n) is 6.08. The van der Waals surface area contributed by atoms with Gasteiger partial charge in [-0.1, -0.05) is 24.9 Å². The van der Waals surface area contributed by atoms with Gasteiger partial charge in [0.1, 0.15) is 0 Å². The number of halogens is 1. The molecule has 5 heteroatoms. The minimum atomic E-state index is 0.618. The summed E-state index contributed by atoms with van der Waals surface area (Å²) in [5.41, 5.74) is 2.30. The largest absolute Gasteiger partial charge is 0.316 e. The summed E-state index contributed by atoms with van der Waals surface area (Å²) >= 11 is 5.89. The fourth-order valence-corrected chi connectivity index (χ4v) is 2.00. The third kappa shape index (κ3) is 3.09. The van der Waals surface area contributed by atoms with E-state index < -0.39 is 0 Å². The van der Waals surface area contributed by atoms with Crippen molar-refractivity contribution in [3.05, 3.63) is 40.8 Å². The van der Waals surface area contributed by atoms with Gasteiger partial charge in [-0.05, 0) is 31.2 Å². The van der Waals surface area contributed by atoms with Crippen LogP contribution in [0.4, 0.5) is 0 Å². The van der Waals surface area contributed by atoms with E-state index in [0.29, 0.717) is 5.02 Å². The Morgan fingerprint density at radius 3 is 2.83 bits per heavy atom. The molecular formula is C13H17ClN4. The van der Waals surface area contributed by atoms with Gasteiger partial charge in [-0.2, -0.15) is 5.10 Å². The maximum Gasteiger partial charge on any atom is 0.153 e. The zero-order valence-corrected chi connectivity index (χ0v) is 11.4. The average Bonchev–Trinajstić information content (AvgIpc) is 2.76. The van der Waals surface area contributed by atoms with Gasteiger partial charge in [-0.25, -0.2) is 9.67 Å². The Morgan fingerprint density at radius 1 is 1.39 bits per heavy atom. The van der Waals surface area contributed by atoms with Crippen LogP contribution in [-0.2, 0) is 13.0 Å². The molecule has 0 saturated carbocycles. The Bertz CT molecular complexity index is 497. The maximum atomic E-state index is 5.89. The molecule has 18 heavy (non-hydrogen) atoms. The van der Waals surface area contributed by atoms with E-state index in [9.17, 15) is 0 Å². The molecule has 0 atom stereocenters. The highest BCUT2D eigenvalue weighted by Crippen LogP contribution is 2.14. The van der Waals surface area contributed by atoms with Gasteiger partial charge in [0, 0.05) is 12.2 Å². The predicted molar refractivity (Wildman–Crippen MR) is 73.1 cm³/mol. The SMILES string of the molecule is CCCc1cc(CNC)cc(-n2cc(Cl)cn2)n1. The topological polar surface area (TPSA) is 42.7 Å². The van der Waals surface area contributed by atoms with Crippen LogP contribution in [0.15, 0.2) is 24.5 Å². The number of nitrogens with zero attached hydrogens (tertiary/aromatic N) is 3. The van der Waals surface area contributed by atoms with Crippen LogP contribution in [0.5, 0.6) is 0 Å². The van der Waals surface area contributed by atoms with Gasteiger partial charge in [0.15, 0.2) is 5.82 Å². The summed E-state index contributed by atoms with van der Waals surface area (Å²) in [5, 5.41) is 7.96. The van der Waals surface area contributed by atoms with Crippen LogP contribution in [0.2, 0.25) is 5.02 Å². The van der Waals surface area contributed by atoms with Crippen molar-refractivity contribution < 1.29 is 0 Å². The van der Waals surface area contributed by atoms with Gasteiger partial charge in [-0.15, -0.1) is 0 Å². The van der Waals surface area contributed by atoms with Crippen molar-refractivity contribution in [3.63, 3.8) is 0 Å². The van der Waals surface area contributed by atoms with Crippen molar-refractivity contribution in [2.24, 2.45) is 0 Å². The normalized spacial score (nSPS) is 10.8. The molecule has 4 nitrogen and oxygen atoms in total. The third-order valence-corrected chi connectivity index (χ3v) is 2.79. The van der Waals surface area contributed by atoms with Gasteiger partial charge in [0.25, 0.3) is 0 Å². The molecule has 0 fully saturated rings. The Morgan fingerprint density at radius 2 is 2.22 bits per heavy atom. The van der Waals surface area contributed by atoms with Crippen LogP contribution in [0, 0.1) is 0 Å². The van der Waals surface area contributed by atoms with E-state index in [2.05, 4.69) is 28.4 Å². The molecule has 0 bridgehead atoms. The van der Waals surface area contributed by atoms with Crippen LogP contribution < -0.4 is 5.32 Å². The van der Waals surface area contributed by atoms with Crippen molar-refractivity contribution in [2.45, 2.75) is 26.3 Å². The molecule has 0 aliphatic heterocycles. The molecule has 0 unspecified atom stereocenters. The standard InChI is InChI=1S/C13H17ClN4/c1-3-4-12-5-10(7-15-2)6-13(17-12)18-9-11(14)8-16-18/h5-6,8-9,15H,3-4,7H2,1-2H3. The van der Waals surface area contributed by atoms with Gasteiger partial charge in [-0.3, -0.25) is 0 Å². The lowest BCUT2D eigenvalue weighted by Gasteiger charge is -2.08. The second-order valence-electron chi connectivity index (χ2n) is 4.21. The molecule has 0 spiro atoms. The minimum absolute atomic E-state index is 0.618. The molecule has 1 N–H and O–H groups in total. The van der Waals surface area contributed by atoms with Gasteiger partial charge < -0.3 is 5.32 Å². The number of aryl methyl sites for hydroxylation is 1. The first kappa shape index (κ1) is 13.1. The molecule has 0 aromatic carbocycles. The first-order chi connectivity index (χ1) is 8.72. The summed E-state index contributed by atoms with van der Waals surface area (Å²) < 4.78 is 1.71. The van der Waals surface area contributed by atoms with E-state index in [1.54, 1.807) is 17.1 Å². The maximum absolute atomic E-state index is 5.89. The Kier molecular flexibility index (Phi) is 4.33. The molecule has 2 rings (SSSR count). The predicted octanol–water partition coefficient (Wildman–Crippen LogP) is 2.59. The van der Waals surface area contributed by atoms with Crippen molar-refractivity contribution in [2.75, 3.05) is 7.05 Å². The van der Waals surface area contributed by atoms with E-state index in [-0.39, 0.29) is 0 Å². The van der Waals surface area contributed by atoms with E-state index in [1.807, 2.05) is 13.1 Å². The van der Waals surface area contributed by atoms with E-state index in [0.717, 1.165) is 30.9 Å². The molecular weight excluding hydrogens is 248 g/mol. The number of hydrogen-bond donors (Lipinski definition) is 1. The highest BCUT2D eigenvalue weighted by Gasteiger charge is 2.05. The quantitative estimate of drug-likeness (QED) is 0.903. The van der Waals surface area contributed by atoms with Crippen LogP contribution in [-0.4, -0.2) is 21.8 Å². The molecule has 96 valence electrons. The minimum Gasteiger partial charge on any atom is -0.316 e. The molecule has 0 aliphatic carbocycles. The van der Waals surface area contributed by atoms with Gasteiger partial charge in [0.2, 0.25) is 0 Å². The summed E-state index contributed by atoms with van der Waals surface area (Å²) in [6.07, 6.45) is 5.44. The Balaban J connectivity index is 2.39. The van der Waals surface area contributed by atoms with Gasteiger partial charge >= 0.3 is 0 Å². The second kappa shape index (κ2) is 5.98. The Labute approximate surface area is 112 Å². The molecule has 0 radical (unpaired) electrons. The fraction of sp³-hybridized carbons (Fsp3) is 0.385. The Hall–Kier alpha value is -1.39. The molecule has 2 aromatic heterocycles. The number of hydrogen-bond acceptors (Lipinski definition) is 3. The molecule has 0 amide bonds. The average molecular weight is 265 g/mol. The second-order valence-corrected chi connectivity index (χ2v) is 4.64. The lowest BCUT2D eigenvalue weighted by Crippen LogP contribution is -2.09. The molecule has 2 heterocycles. The number of rotatable bonds is 5. The number of pyridine rings is 1. The molecule has 0 saturated heterocycles. The summed E-state index contributed by atoms with van der Waals surface area (Å²) in [7, 11) is 1.93. The molecule has 2 aromatic rings. The summed E-state index contributed by atoms with van der Waals surface area (Å²) in [6.45, 7) is 2.97. The fourth-order valence-electron chi connectivity index (χ4n) is 1.87. The van der Waals surface area contributed by atoms with E-state index in [4.69, 9.17) is 11.6 Å². The van der Waals surface area contributed by atoms with Crippen LogP contribution in [0.1, 0.15) is 24.6 Å². The lowest BCUT2D eigenvalue weighted by molar-refractivity contribution is 0.781. The number of aromatic nitrogens is 3. The summed E-state index contributed by atoms with van der Waals surface area (Å²) in [5.74, 6) is 0.818. The monoisotopic (exact) mass is 264 g/mol. The zero-order valence-electron chi connectivity index (χ0n) is 10.7. The van der Waals surface area contributed by atoms with Crippen molar-refractivity contribution in [1.29, 1.82) is 0 Å². The summed E-state index contributed by atoms with van der Waals surface area (Å²) in [4.78, 5) is 4.60. The van der Waals surface area contributed by atoms with E-state index >= 15 is 0 Å². The van der Waals surface area contributed by atoms with Gasteiger partial charge in [0.05, 0.1) is 17.4 Å². The van der Waals surface area contributed by atoms with Crippen LogP contribution in [0.25, 0.3) is 5.82 Å². The van der Waals surface area contributed by atoms with Crippen LogP contribution in [0.3, 0.4) is 0 Å². The van der Waals surface area contributed by atoms with E-state index in [1.165, 1.54) is 5.56 Å². The third-order valence-electron chi connectivity index (χ3n) is 2.60. The van der Waals surface area contributed by atoms with Crippen molar-refractivity contribution in [3.8, 4) is 5.82 Å². The first-order valence-corrected chi connectivity index (χ1v) is 6.45. The smallest absolute Gasteiger partial charge is 0.153 e. The summed E-state index contributed by atoms with van der Waals surface area (Å²) in [6, 6.07) is 4.16. The highest BCUT2D eigenvalue weighted by atomic mass is 35.5. The van der Waals surface area contributed by atoms with Crippen LogP contribution >= 0.6 is 11.6 Å². The lowest BCUT2D eigenvalue weighted by atomic mass is 10.1. The number of nitrogens with one attached hydrogen (secondary N) is 1. The zero-order chi connectivity index (χ0) is 13.0. The molecule has 0 aliphatic rings.